The van der Waals surface area contributed by atoms with E-state index in [1.165, 1.54) is 76.4 Å². The van der Waals surface area contributed by atoms with Gasteiger partial charge < -0.3 is 0 Å². The molecule has 0 aliphatic heterocycles. The van der Waals surface area contributed by atoms with Crippen LogP contribution in [-0.4, -0.2) is 9.52 Å². The number of hydrogen-bond donors (Lipinski definition) is 0. The first-order valence-corrected chi connectivity index (χ1v) is 15.0. The van der Waals surface area contributed by atoms with Crippen LogP contribution in [0.1, 0.15) is 5.56 Å². The second-order valence-corrected chi connectivity index (χ2v) is 11.4. The molecule has 0 fully saturated rings. The van der Waals surface area contributed by atoms with Crippen LogP contribution in [0.25, 0.3) is 65.7 Å². The van der Waals surface area contributed by atoms with Crippen molar-refractivity contribution in [1.29, 1.82) is 0 Å². The van der Waals surface area contributed by atoms with E-state index in [-0.39, 0.29) is 0 Å². The first-order chi connectivity index (χ1) is 19.2. The van der Waals surface area contributed by atoms with Gasteiger partial charge in [0.2, 0.25) is 0 Å². The molecule has 184 valence electrons. The summed E-state index contributed by atoms with van der Waals surface area (Å²) in [5.74, 6) is 0. The molecule has 0 saturated heterocycles. The van der Waals surface area contributed by atoms with Gasteiger partial charge in [0.1, 0.15) is 0 Å². The molecular weight excluding hydrogens is 485 g/mol. The Bertz CT molecular complexity index is 1980. The molecule has 0 N–H and O–H groups in total. The molecule has 0 atom stereocenters. The molecule has 0 unspecified atom stereocenters. The fourth-order valence-corrected chi connectivity index (χ4v) is 6.46. The van der Waals surface area contributed by atoms with Crippen molar-refractivity contribution in [3.8, 4) is 33.4 Å². The maximum absolute atomic E-state index is 2.42. The predicted molar refractivity (Wildman–Crippen MR) is 171 cm³/mol. The summed E-state index contributed by atoms with van der Waals surface area (Å²) in [4.78, 5) is 0. The minimum Gasteiger partial charge on any atom is -0.0688 e. The third-order valence-electron chi connectivity index (χ3n) is 7.88. The summed E-state index contributed by atoms with van der Waals surface area (Å²) in [7, 11) is 0.756. The molecule has 7 aromatic carbocycles. The first-order valence-electron chi connectivity index (χ1n) is 13.5. The first kappa shape index (κ1) is 23.6. The van der Waals surface area contributed by atoms with Crippen LogP contribution in [-0.2, 0) is 0 Å². The number of aryl methyl sites for hydroxylation is 1. The molecule has 0 aliphatic rings. The van der Waals surface area contributed by atoms with Crippen LogP contribution in [0.15, 0.2) is 133 Å². The summed E-state index contributed by atoms with van der Waals surface area (Å²) in [6.45, 7) is 4.46. The summed E-state index contributed by atoms with van der Waals surface area (Å²) < 4.78 is 0. The summed E-state index contributed by atoms with van der Waals surface area (Å²) in [5.41, 5.74) is 8.95. The third kappa shape index (κ3) is 4.16. The van der Waals surface area contributed by atoms with Crippen molar-refractivity contribution in [2.45, 2.75) is 13.5 Å². The fraction of sp³-hybridized carbons (Fsp3) is 0.0526. The number of rotatable bonds is 4. The molecular formula is C38H28Si. The minimum atomic E-state index is 0.756. The Morgan fingerprint density at radius 3 is 1.74 bits per heavy atom. The normalized spacial score (nSPS) is 11.4. The van der Waals surface area contributed by atoms with Gasteiger partial charge in [-0.2, -0.15) is 0 Å². The molecule has 0 nitrogen and oxygen atoms in total. The van der Waals surface area contributed by atoms with Crippen LogP contribution in [0.3, 0.4) is 0 Å². The Morgan fingerprint density at radius 1 is 0.410 bits per heavy atom. The summed E-state index contributed by atoms with van der Waals surface area (Å²) >= 11 is 0. The van der Waals surface area contributed by atoms with E-state index in [0.29, 0.717) is 0 Å². The van der Waals surface area contributed by atoms with Crippen molar-refractivity contribution in [3.05, 3.63) is 139 Å². The smallest absolute Gasteiger partial charge is 0.0688 e. The van der Waals surface area contributed by atoms with Crippen molar-refractivity contribution in [2.75, 3.05) is 0 Å². The van der Waals surface area contributed by atoms with E-state index in [4.69, 9.17) is 0 Å². The summed E-state index contributed by atoms with van der Waals surface area (Å²) in [6.07, 6.45) is 0. The maximum Gasteiger partial charge on any atom is 0.0773 e. The van der Waals surface area contributed by atoms with E-state index < -0.39 is 0 Å². The highest BCUT2D eigenvalue weighted by molar-refractivity contribution is 6.52. The van der Waals surface area contributed by atoms with Crippen LogP contribution in [0.5, 0.6) is 0 Å². The molecule has 2 radical (unpaired) electrons. The monoisotopic (exact) mass is 512 g/mol. The Labute approximate surface area is 232 Å². The average Bonchev–Trinajstić information content (AvgIpc) is 3.00. The third-order valence-corrected chi connectivity index (χ3v) is 8.77. The summed E-state index contributed by atoms with van der Waals surface area (Å²) in [6, 6.07) is 49.4. The van der Waals surface area contributed by atoms with Crippen LogP contribution in [0, 0.1) is 6.92 Å². The van der Waals surface area contributed by atoms with Crippen molar-refractivity contribution in [1.82, 2.24) is 0 Å². The topological polar surface area (TPSA) is 0 Å². The second kappa shape index (κ2) is 9.69. The lowest BCUT2D eigenvalue weighted by atomic mass is 9.85. The van der Waals surface area contributed by atoms with E-state index in [1.54, 1.807) is 0 Å². The van der Waals surface area contributed by atoms with Gasteiger partial charge >= 0.3 is 0 Å². The lowest BCUT2D eigenvalue weighted by Gasteiger charge is -2.19. The Balaban J connectivity index is 1.48. The quantitative estimate of drug-likeness (QED) is 0.163. The molecule has 0 amide bonds. The van der Waals surface area contributed by atoms with E-state index >= 15 is 0 Å². The van der Waals surface area contributed by atoms with Crippen LogP contribution >= 0.6 is 0 Å². The molecule has 1 heteroatoms. The average molecular weight is 513 g/mol. The predicted octanol–water partition coefficient (Wildman–Crippen LogP) is 9.83. The standard InChI is InChI=1S/C38H28Si/c1-25-12-20-33-35(22-25)37(28-9-4-3-5-10-28)34-21-19-32(39-2)24-36(34)38(33)29-16-13-27(14-17-29)31-18-15-26-8-6-7-11-30(26)23-31/h3-24H,1-2H3. The molecule has 7 rings (SSSR count). The molecule has 0 spiro atoms. The van der Waals surface area contributed by atoms with E-state index in [0.717, 1.165) is 9.52 Å². The van der Waals surface area contributed by atoms with Gasteiger partial charge in [0.25, 0.3) is 0 Å². The zero-order valence-corrected chi connectivity index (χ0v) is 23.2. The molecule has 0 bridgehead atoms. The number of benzene rings is 7. The Kier molecular flexibility index (Phi) is 5.87. The number of fused-ring (bicyclic) bond motifs is 3. The van der Waals surface area contributed by atoms with E-state index in [2.05, 4.69) is 147 Å². The highest BCUT2D eigenvalue weighted by Crippen LogP contribution is 2.44. The van der Waals surface area contributed by atoms with Crippen molar-refractivity contribution < 1.29 is 0 Å². The maximum atomic E-state index is 2.42. The largest absolute Gasteiger partial charge is 0.0773 e. The lowest BCUT2D eigenvalue weighted by molar-refractivity contribution is 1.51. The zero-order valence-electron chi connectivity index (χ0n) is 22.2. The fourth-order valence-electron chi connectivity index (χ4n) is 5.92. The lowest BCUT2D eigenvalue weighted by Crippen LogP contribution is -2.09. The van der Waals surface area contributed by atoms with Gasteiger partial charge in [-0.25, -0.2) is 0 Å². The summed E-state index contributed by atoms with van der Waals surface area (Å²) in [5, 5.41) is 9.20. The van der Waals surface area contributed by atoms with Crippen molar-refractivity contribution in [2.24, 2.45) is 0 Å². The van der Waals surface area contributed by atoms with Gasteiger partial charge in [-0.15, -0.1) is 0 Å². The van der Waals surface area contributed by atoms with Crippen molar-refractivity contribution >= 4 is 47.0 Å². The van der Waals surface area contributed by atoms with Gasteiger partial charge in [0, 0.05) is 0 Å². The van der Waals surface area contributed by atoms with Crippen molar-refractivity contribution in [3.63, 3.8) is 0 Å². The highest BCUT2D eigenvalue weighted by Gasteiger charge is 2.17. The van der Waals surface area contributed by atoms with Crippen LogP contribution in [0.2, 0.25) is 6.55 Å². The highest BCUT2D eigenvalue weighted by atomic mass is 28.2. The SMILES string of the molecule is C[Si]c1ccc2c(-c3ccccc3)c3cc(C)ccc3c(-c3ccc(-c4ccc5ccccc5c4)cc3)c2c1. The molecule has 39 heavy (non-hydrogen) atoms. The zero-order chi connectivity index (χ0) is 26.3. The van der Waals surface area contributed by atoms with Crippen LogP contribution < -0.4 is 5.19 Å². The van der Waals surface area contributed by atoms with Gasteiger partial charge in [-0.1, -0.05) is 145 Å². The van der Waals surface area contributed by atoms with Gasteiger partial charge in [0.05, 0.1) is 9.52 Å². The number of hydrogen-bond acceptors (Lipinski definition) is 0. The Morgan fingerprint density at radius 2 is 1.00 bits per heavy atom. The van der Waals surface area contributed by atoms with Crippen LogP contribution in [0.4, 0.5) is 0 Å². The molecule has 0 aromatic heterocycles. The van der Waals surface area contributed by atoms with E-state index in [1.807, 2.05) is 0 Å². The molecule has 0 aliphatic carbocycles. The Hall–Kier alpha value is -4.46. The molecule has 0 heterocycles. The second-order valence-electron chi connectivity index (χ2n) is 10.3. The van der Waals surface area contributed by atoms with Gasteiger partial charge in [0.15, 0.2) is 0 Å². The molecule has 0 saturated carbocycles. The van der Waals surface area contributed by atoms with E-state index in [9.17, 15) is 0 Å². The van der Waals surface area contributed by atoms with Gasteiger partial charge in [-0.3, -0.25) is 0 Å². The minimum absolute atomic E-state index is 0.756. The molecule has 7 aromatic rings. The van der Waals surface area contributed by atoms with Gasteiger partial charge in [-0.05, 0) is 78.7 Å².